The van der Waals surface area contributed by atoms with E-state index in [0.29, 0.717) is 22.9 Å². The molecule has 3 rings (SSSR count). The van der Waals surface area contributed by atoms with E-state index in [2.05, 4.69) is 25.9 Å². The fraction of sp³-hybridized carbons (Fsp3) is 0.409. The van der Waals surface area contributed by atoms with Crippen molar-refractivity contribution in [2.45, 2.75) is 57.8 Å². The molecule has 182 valence electrons. The number of carboxylic acids is 1. The summed E-state index contributed by atoms with van der Waals surface area (Å²) in [5.41, 5.74) is 0.166. The average molecular weight is 473 g/mol. The number of nitrogens with one attached hydrogen (secondary N) is 4. The minimum Gasteiger partial charge on any atom is -0.480 e. The normalized spacial score (nSPS) is 15.9. The number of aromatic amines is 1. The second-order valence-corrected chi connectivity index (χ2v) is 8.69. The molecule has 0 saturated heterocycles. The van der Waals surface area contributed by atoms with Crippen molar-refractivity contribution in [3.05, 3.63) is 36.2 Å². The van der Waals surface area contributed by atoms with Gasteiger partial charge in [-0.05, 0) is 38.5 Å². The minimum absolute atomic E-state index is 0.0336. The highest BCUT2D eigenvalue weighted by atomic mass is 16.6. The molecular formula is C22H27N5O7. The molecule has 5 N–H and O–H groups in total. The topological polar surface area (TPSA) is 172 Å². The number of carboxylic acid groups (broad SMARTS) is 1. The second-order valence-electron chi connectivity index (χ2n) is 8.69. The van der Waals surface area contributed by atoms with Crippen LogP contribution in [0.5, 0.6) is 5.75 Å². The number of alkyl carbamates (subject to hydrolysis) is 1. The lowest BCUT2D eigenvalue weighted by Crippen LogP contribution is -2.44. The molecule has 0 bridgehead atoms. The third kappa shape index (κ3) is 6.95. The lowest BCUT2D eigenvalue weighted by atomic mass is 10.0. The van der Waals surface area contributed by atoms with Crippen LogP contribution >= 0.6 is 0 Å². The summed E-state index contributed by atoms with van der Waals surface area (Å²) in [5, 5.41) is 17.1. The standard InChI is InChI=1S/C22H27N5O7/c1-22(2,3)34-21(32)26-14(19(30)31)11-12-4-5-15-13(10-12)25-18(29)16(33-15)6-7-17(28)27-20-23-8-9-24-20/h4-5,8-10,14,16H,6-7,11H2,1-3H3,(H,25,29)(H,26,32)(H,30,31)(H2,23,24,27,28)/t14-,16+/m0/s1. The number of anilines is 2. The number of hydrogen-bond acceptors (Lipinski definition) is 7. The van der Waals surface area contributed by atoms with Gasteiger partial charge in [-0.15, -0.1) is 0 Å². The first-order valence-electron chi connectivity index (χ1n) is 10.6. The Morgan fingerprint density at radius 2 is 2.06 bits per heavy atom. The fourth-order valence-electron chi connectivity index (χ4n) is 3.19. The highest BCUT2D eigenvalue weighted by molar-refractivity contribution is 5.98. The van der Waals surface area contributed by atoms with Crippen molar-refractivity contribution in [1.29, 1.82) is 0 Å². The van der Waals surface area contributed by atoms with Gasteiger partial charge in [-0.25, -0.2) is 14.6 Å². The molecule has 2 atom stereocenters. The van der Waals surface area contributed by atoms with Crippen molar-refractivity contribution in [3.63, 3.8) is 0 Å². The van der Waals surface area contributed by atoms with Crippen LogP contribution in [0.4, 0.5) is 16.4 Å². The third-order valence-electron chi connectivity index (χ3n) is 4.68. The number of benzene rings is 1. The van der Waals surface area contributed by atoms with E-state index in [4.69, 9.17) is 9.47 Å². The Hall–Kier alpha value is -4.09. The van der Waals surface area contributed by atoms with E-state index < -0.39 is 35.7 Å². The van der Waals surface area contributed by atoms with Crippen LogP contribution in [0.1, 0.15) is 39.2 Å². The molecule has 1 aliphatic rings. The SMILES string of the molecule is CC(C)(C)OC(=O)N[C@@H](Cc1ccc2c(c1)NC(=O)[C@@H](CCC(=O)Nc1ncc[nH]1)O2)C(=O)O. The molecule has 1 aliphatic heterocycles. The molecule has 0 saturated carbocycles. The molecule has 3 amide bonds. The maximum atomic E-state index is 12.5. The number of nitrogens with zero attached hydrogens (tertiary/aromatic N) is 1. The molecule has 2 aromatic rings. The lowest BCUT2D eigenvalue weighted by Gasteiger charge is -2.26. The number of rotatable bonds is 8. The summed E-state index contributed by atoms with van der Waals surface area (Å²) < 4.78 is 10.9. The Kier molecular flexibility index (Phi) is 7.39. The number of aliphatic carboxylic acids is 1. The van der Waals surface area contributed by atoms with Crippen LogP contribution in [0.15, 0.2) is 30.6 Å². The summed E-state index contributed by atoms with van der Waals surface area (Å²) in [5.74, 6) is -1.25. The molecule has 1 aromatic heterocycles. The van der Waals surface area contributed by atoms with Crippen LogP contribution < -0.4 is 20.7 Å². The number of H-pyrrole nitrogens is 1. The van der Waals surface area contributed by atoms with Crippen molar-refractivity contribution in [3.8, 4) is 5.75 Å². The molecule has 0 fully saturated rings. The smallest absolute Gasteiger partial charge is 0.408 e. The molecule has 0 radical (unpaired) electrons. The molecule has 1 aromatic carbocycles. The van der Waals surface area contributed by atoms with Crippen molar-refractivity contribution in [2.75, 3.05) is 10.6 Å². The van der Waals surface area contributed by atoms with Gasteiger partial charge in [0.25, 0.3) is 5.91 Å². The molecule has 12 nitrogen and oxygen atoms in total. The summed E-state index contributed by atoms with van der Waals surface area (Å²) in [7, 11) is 0. The predicted molar refractivity (Wildman–Crippen MR) is 120 cm³/mol. The number of carbonyl (C=O) groups excluding carboxylic acids is 3. The first-order chi connectivity index (χ1) is 16.0. The summed E-state index contributed by atoms with van der Waals surface area (Å²) in [6.07, 6.45) is 1.54. The Morgan fingerprint density at radius 3 is 2.71 bits per heavy atom. The zero-order valence-corrected chi connectivity index (χ0v) is 19.0. The second kappa shape index (κ2) is 10.2. The number of fused-ring (bicyclic) bond motifs is 1. The van der Waals surface area contributed by atoms with Crippen molar-refractivity contribution < 1.29 is 33.8 Å². The van der Waals surface area contributed by atoms with E-state index in [9.17, 15) is 24.3 Å². The summed E-state index contributed by atoms with van der Waals surface area (Å²) in [6.45, 7) is 5.02. The zero-order valence-electron chi connectivity index (χ0n) is 19.0. The monoisotopic (exact) mass is 473 g/mol. The Labute approximate surface area is 195 Å². The Bertz CT molecular complexity index is 1060. The van der Waals surface area contributed by atoms with Crippen molar-refractivity contribution in [2.24, 2.45) is 0 Å². The fourth-order valence-corrected chi connectivity index (χ4v) is 3.19. The molecule has 2 heterocycles. The maximum Gasteiger partial charge on any atom is 0.408 e. The van der Waals surface area contributed by atoms with E-state index >= 15 is 0 Å². The van der Waals surface area contributed by atoms with E-state index in [1.165, 1.54) is 6.20 Å². The van der Waals surface area contributed by atoms with Crippen LogP contribution in [0.3, 0.4) is 0 Å². The van der Waals surface area contributed by atoms with Gasteiger partial charge in [0.15, 0.2) is 6.10 Å². The van der Waals surface area contributed by atoms with Gasteiger partial charge >= 0.3 is 12.1 Å². The largest absolute Gasteiger partial charge is 0.480 e. The first kappa shape index (κ1) is 24.6. The van der Waals surface area contributed by atoms with Crippen molar-refractivity contribution in [1.82, 2.24) is 15.3 Å². The number of imidazole rings is 1. The third-order valence-corrected chi connectivity index (χ3v) is 4.68. The summed E-state index contributed by atoms with van der Waals surface area (Å²) >= 11 is 0. The Balaban J connectivity index is 1.59. The van der Waals surface area contributed by atoms with Crippen LogP contribution in [0.2, 0.25) is 0 Å². The van der Waals surface area contributed by atoms with Gasteiger partial charge < -0.3 is 30.2 Å². The van der Waals surface area contributed by atoms with Crippen LogP contribution in [0, 0.1) is 0 Å². The molecular weight excluding hydrogens is 446 g/mol. The van der Waals surface area contributed by atoms with Gasteiger partial charge in [-0.1, -0.05) is 6.07 Å². The first-order valence-corrected chi connectivity index (χ1v) is 10.6. The average Bonchev–Trinajstić information content (AvgIpc) is 3.23. The summed E-state index contributed by atoms with van der Waals surface area (Å²) in [4.78, 5) is 54.7. The predicted octanol–water partition coefficient (Wildman–Crippen LogP) is 2.05. The van der Waals surface area contributed by atoms with Crippen LogP contribution in [-0.2, 0) is 25.5 Å². The van der Waals surface area contributed by atoms with Gasteiger partial charge in [0, 0.05) is 31.7 Å². The van der Waals surface area contributed by atoms with E-state index in [0.717, 1.165) is 0 Å². The van der Waals surface area contributed by atoms with Gasteiger partial charge in [0.2, 0.25) is 11.9 Å². The molecule has 34 heavy (non-hydrogen) atoms. The number of hydrogen-bond donors (Lipinski definition) is 5. The van der Waals surface area contributed by atoms with E-state index in [1.807, 2.05) is 0 Å². The minimum atomic E-state index is -1.23. The Morgan fingerprint density at radius 1 is 1.29 bits per heavy atom. The molecule has 0 aliphatic carbocycles. The van der Waals surface area contributed by atoms with E-state index in [1.54, 1.807) is 45.2 Å². The lowest BCUT2D eigenvalue weighted by molar-refractivity contribution is -0.139. The number of amides is 3. The molecule has 0 unspecified atom stereocenters. The number of ether oxygens (including phenoxy) is 2. The number of aromatic nitrogens is 2. The highest BCUT2D eigenvalue weighted by Crippen LogP contribution is 2.32. The van der Waals surface area contributed by atoms with Gasteiger partial charge in [-0.2, -0.15) is 0 Å². The number of carbonyl (C=O) groups is 4. The maximum absolute atomic E-state index is 12.5. The van der Waals surface area contributed by atoms with Crippen LogP contribution in [0.25, 0.3) is 0 Å². The molecule has 0 spiro atoms. The van der Waals surface area contributed by atoms with Crippen molar-refractivity contribution >= 4 is 35.5 Å². The van der Waals surface area contributed by atoms with Crippen LogP contribution in [-0.4, -0.2) is 56.7 Å². The molecule has 12 heteroatoms. The highest BCUT2D eigenvalue weighted by Gasteiger charge is 2.29. The summed E-state index contributed by atoms with van der Waals surface area (Å²) in [6, 6.07) is 3.60. The van der Waals surface area contributed by atoms with Gasteiger partial charge in [0.05, 0.1) is 5.69 Å². The zero-order chi connectivity index (χ0) is 24.9. The van der Waals surface area contributed by atoms with E-state index in [-0.39, 0.29) is 25.2 Å². The quantitative estimate of drug-likeness (QED) is 0.387. The van der Waals surface area contributed by atoms with Gasteiger partial charge in [-0.3, -0.25) is 14.9 Å². The van der Waals surface area contributed by atoms with Gasteiger partial charge in [0.1, 0.15) is 17.4 Å².